The molecule has 0 radical (unpaired) electrons. The molecule has 44 valence electrons. The fourth-order valence-corrected chi connectivity index (χ4v) is 0.635. The average molecular weight is 176 g/mol. The Labute approximate surface area is 55.8 Å². The van der Waals surface area contributed by atoms with Crippen LogP contribution >= 0.6 is 15.9 Å². The van der Waals surface area contributed by atoms with Crippen LogP contribution < -0.4 is 5.73 Å². The molecule has 0 unspecified atom stereocenters. The number of rotatable bonds is 0. The standard InChI is InChI=1S/C4H6BrN3/c1-2-3(5)4(6)8-7-2/h3H,1H3,(H2,6,8)/t3-/m0/s1. The number of amidine groups is 1. The van der Waals surface area contributed by atoms with Crippen LogP contribution in [0.15, 0.2) is 10.2 Å². The molecule has 1 heterocycles. The van der Waals surface area contributed by atoms with Gasteiger partial charge in [0, 0.05) is 0 Å². The Kier molecular flexibility index (Phi) is 1.33. The maximum absolute atomic E-state index is 5.36. The zero-order valence-corrected chi connectivity index (χ0v) is 6.01. The van der Waals surface area contributed by atoms with Crippen LogP contribution in [0.25, 0.3) is 0 Å². The zero-order chi connectivity index (χ0) is 6.15. The molecule has 1 atom stereocenters. The van der Waals surface area contributed by atoms with Crippen LogP contribution in [0, 0.1) is 0 Å². The molecule has 0 aromatic carbocycles. The van der Waals surface area contributed by atoms with Crippen molar-refractivity contribution in [2.45, 2.75) is 11.8 Å². The summed E-state index contributed by atoms with van der Waals surface area (Å²) in [7, 11) is 0. The van der Waals surface area contributed by atoms with Gasteiger partial charge in [-0.1, -0.05) is 15.9 Å². The molecule has 0 bridgehead atoms. The smallest absolute Gasteiger partial charge is 0.142 e. The number of nitrogens with two attached hydrogens (primary N) is 1. The summed E-state index contributed by atoms with van der Waals surface area (Å²) in [6.45, 7) is 1.88. The van der Waals surface area contributed by atoms with Gasteiger partial charge in [-0.2, -0.15) is 5.10 Å². The van der Waals surface area contributed by atoms with Gasteiger partial charge in [0.25, 0.3) is 0 Å². The van der Waals surface area contributed by atoms with E-state index < -0.39 is 0 Å². The first kappa shape index (κ1) is 5.75. The van der Waals surface area contributed by atoms with E-state index in [4.69, 9.17) is 5.73 Å². The molecule has 1 rings (SSSR count). The maximum atomic E-state index is 5.36. The van der Waals surface area contributed by atoms with Crippen LogP contribution in [0.4, 0.5) is 0 Å². The molecule has 0 fully saturated rings. The first-order valence-corrected chi connectivity index (χ1v) is 3.15. The highest BCUT2D eigenvalue weighted by Gasteiger charge is 2.16. The third-order valence-electron chi connectivity index (χ3n) is 0.950. The average Bonchev–Trinajstić information content (AvgIpc) is 1.98. The van der Waals surface area contributed by atoms with E-state index in [1.54, 1.807) is 0 Å². The van der Waals surface area contributed by atoms with Crippen molar-refractivity contribution in [2.75, 3.05) is 0 Å². The summed E-state index contributed by atoms with van der Waals surface area (Å²) in [5, 5.41) is 7.36. The van der Waals surface area contributed by atoms with Crippen molar-refractivity contribution in [1.82, 2.24) is 0 Å². The molecular formula is C4H6BrN3. The van der Waals surface area contributed by atoms with Crippen molar-refractivity contribution in [2.24, 2.45) is 15.9 Å². The minimum absolute atomic E-state index is 0.0718. The molecule has 8 heavy (non-hydrogen) atoms. The monoisotopic (exact) mass is 175 g/mol. The topological polar surface area (TPSA) is 50.7 Å². The van der Waals surface area contributed by atoms with Gasteiger partial charge in [-0.3, -0.25) is 0 Å². The van der Waals surface area contributed by atoms with Gasteiger partial charge in [-0.05, 0) is 6.92 Å². The molecule has 0 amide bonds. The second-order valence-corrected chi connectivity index (χ2v) is 2.54. The molecule has 1 aliphatic heterocycles. The van der Waals surface area contributed by atoms with Gasteiger partial charge in [0.2, 0.25) is 0 Å². The van der Waals surface area contributed by atoms with Crippen molar-refractivity contribution in [3.05, 3.63) is 0 Å². The Morgan fingerprint density at radius 1 is 1.62 bits per heavy atom. The summed E-state index contributed by atoms with van der Waals surface area (Å²) >= 11 is 3.28. The van der Waals surface area contributed by atoms with Crippen LogP contribution in [-0.4, -0.2) is 16.4 Å². The lowest BCUT2D eigenvalue weighted by molar-refractivity contribution is 1.25. The van der Waals surface area contributed by atoms with Gasteiger partial charge in [0.15, 0.2) is 0 Å². The molecule has 2 N–H and O–H groups in total. The van der Waals surface area contributed by atoms with Gasteiger partial charge in [0.1, 0.15) is 10.7 Å². The Bertz CT molecular complexity index is 143. The fraction of sp³-hybridized carbons (Fsp3) is 0.500. The molecule has 3 nitrogen and oxygen atoms in total. The van der Waals surface area contributed by atoms with Gasteiger partial charge < -0.3 is 5.73 Å². The first-order chi connectivity index (χ1) is 3.72. The Morgan fingerprint density at radius 3 is 2.38 bits per heavy atom. The molecule has 0 aromatic heterocycles. The molecular weight excluding hydrogens is 170 g/mol. The predicted molar refractivity (Wildman–Crippen MR) is 37.4 cm³/mol. The van der Waals surface area contributed by atoms with Crippen molar-refractivity contribution in [1.29, 1.82) is 0 Å². The summed E-state index contributed by atoms with van der Waals surface area (Å²) in [4.78, 5) is 0.0718. The Morgan fingerprint density at radius 2 is 2.25 bits per heavy atom. The van der Waals surface area contributed by atoms with Crippen LogP contribution in [0.5, 0.6) is 0 Å². The summed E-state index contributed by atoms with van der Waals surface area (Å²) < 4.78 is 0. The molecule has 0 spiro atoms. The van der Waals surface area contributed by atoms with E-state index in [2.05, 4.69) is 26.1 Å². The zero-order valence-electron chi connectivity index (χ0n) is 4.43. The predicted octanol–water partition coefficient (Wildman–Crippen LogP) is 0.497. The molecule has 0 saturated carbocycles. The molecule has 1 aliphatic rings. The minimum Gasteiger partial charge on any atom is -0.384 e. The lowest BCUT2D eigenvalue weighted by Crippen LogP contribution is -2.24. The van der Waals surface area contributed by atoms with Crippen molar-refractivity contribution < 1.29 is 0 Å². The summed E-state index contributed by atoms with van der Waals surface area (Å²) in [6.07, 6.45) is 0. The quantitative estimate of drug-likeness (QED) is 0.536. The van der Waals surface area contributed by atoms with E-state index in [1.165, 1.54) is 0 Å². The fourth-order valence-electron chi connectivity index (χ4n) is 0.452. The van der Waals surface area contributed by atoms with Gasteiger partial charge in [0.05, 0.1) is 5.71 Å². The van der Waals surface area contributed by atoms with Crippen LogP contribution in [0.3, 0.4) is 0 Å². The van der Waals surface area contributed by atoms with Crippen molar-refractivity contribution in [3.63, 3.8) is 0 Å². The Balaban J connectivity index is 2.75. The number of hydrogen-bond donors (Lipinski definition) is 1. The number of alkyl halides is 1. The highest BCUT2D eigenvalue weighted by Crippen LogP contribution is 2.08. The lowest BCUT2D eigenvalue weighted by Gasteiger charge is -1.95. The van der Waals surface area contributed by atoms with E-state index in [9.17, 15) is 0 Å². The van der Waals surface area contributed by atoms with Crippen LogP contribution in [0.1, 0.15) is 6.92 Å². The van der Waals surface area contributed by atoms with Gasteiger partial charge in [-0.15, -0.1) is 5.10 Å². The number of halogens is 1. The van der Waals surface area contributed by atoms with E-state index in [1.807, 2.05) is 6.92 Å². The SMILES string of the molecule is CC1=NN=C(N)[C@H]1Br. The second kappa shape index (κ2) is 1.85. The molecule has 0 aliphatic carbocycles. The van der Waals surface area contributed by atoms with Crippen LogP contribution in [-0.2, 0) is 0 Å². The second-order valence-electron chi connectivity index (χ2n) is 1.63. The third kappa shape index (κ3) is 0.753. The van der Waals surface area contributed by atoms with E-state index in [0.29, 0.717) is 5.84 Å². The summed E-state index contributed by atoms with van der Waals surface area (Å²) in [5.41, 5.74) is 6.28. The van der Waals surface area contributed by atoms with E-state index in [0.717, 1.165) is 5.71 Å². The van der Waals surface area contributed by atoms with E-state index >= 15 is 0 Å². The first-order valence-electron chi connectivity index (χ1n) is 2.23. The highest BCUT2D eigenvalue weighted by atomic mass is 79.9. The highest BCUT2D eigenvalue weighted by molar-refractivity contribution is 9.10. The Hall–Kier alpha value is -0.380. The number of nitrogens with zero attached hydrogens (tertiary/aromatic N) is 2. The third-order valence-corrected chi connectivity index (χ3v) is 2.08. The maximum Gasteiger partial charge on any atom is 0.142 e. The lowest BCUT2D eigenvalue weighted by atomic mass is 10.3. The molecule has 0 saturated heterocycles. The van der Waals surface area contributed by atoms with Crippen LogP contribution in [0.2, 0.25) is 0 Å². The largest absolute Gasteiger partial charge is 0.384 e. The van der Waals surface area contributed by atoms with E-state index in [-0.39, 0.29) is 4.83 Å². The minimum atomic E-state index is 0.0718. The normalized spacial score (nSPS) is 27.5. The van der Waals surface area contributed by atoms with Gasteiger partial charge in [-0.25, -0.2) is 0 Å². The summed E-state index contributed by atoms with van der Waals surface area (Å²) in [5.74, 6) is 0.544. The summed E-state index contributed by atoms with van der Waals surface area (Å²) in [6, 6.07) is 0. The van der Waals surface area contributed by atoms with Gasteiger partial charge >= 0.3 is 0 Å². The van der Waals surface area contributed by atoms with Crippen molar-refractivity contribution >= 4 is 27.5 Å². The molecule has 4 heteroatoms. The van der Waals surface area contributed by atoms with Crippen molar-refractivity contribution in [3.8, 4) is 0 Å². The number of hydrogen-bond acceptors (Lipinski definition) is 3. The molecule has 0 aromatic rings.